The van der Waals surface area contributed by atoms with Crippen LogP contribution in [0, 0.1) is 11.8 Å². The Kier molecular flexibility index (Phi) is 19.3. The number of amides is 8. The van der Waals surface area contributed by atoms with Crippen molar-refractivity contribution < 1.29 is 47.8 Å². The zero-order valence-electron chi connectivity index (χ0n) is 46.6. The summed E-state index contributed by atoms with van der Waals surface area (Å²) < 4.78 is 11.2. The van der Waals surface area contributed by atoms with Crippen LogP contribution in [-0.4, -0.2) is 159 Å². The van der Waals surface area contributed by atoms with Crippen LogP contribution in [0.1, 0.15) is 133 Å². The molecule has 2 aliphatic carbocycles. The first kappa shape index (κ1) is 57.9. The molecule has 8 amide bonds. The number of rotatable bonds is 18. The number of benzene rings is 3. The number of fused-ring (bicyclic) bond motifs is 2. The van der Waals surface area contributed by atoms with Crippen LogP contribution < -0.4 is 42.5 Å². The van der Waals surface area contributed by atoms with Gasteiger partial charge in [-0.3, -0.25) is 38.4 Å². The maximum absolute atomic E-state index is 14.9. The lowest BCUT2D eigenvalue weighted by Crippen LogP contribution is -2.58. The molecule has 3 aromatic carbocycles. The van der Waals surface area contributed by atoms with Crippen molar-refractivity contribution in [3.63, 3.8) is 0 Å². The predicted octanol–water partition coefficient (Wildman–Crippen LogP) is 2.51. The third-order valence-corrected chi connectivity index (χ3v) is 17.5. The summed E-state index contributed by atoms with van der Waals surface area (Å²) in [5.74, 6) is -3.56. The Bertz CT molecular complexity index is 2550. The van der Waals surface area contributed by atoms with E-state index in [0.29, 0.717) is 52.1 Å². The van der Waals surface area contributed by atoms with E-state index in [1.807, 2.05) is 36.4 Å². The number of hydrogen-bond donors (Lipinski definition) is 8. The molecule has 4 heterocycles. The van der Waals surface area contributed by atoms with Gasteiger partial charge < -0.3 is 61.8 Å². The Morgan fingerprint density at radius 1 is 0.500 bits per heavy atom. The highest BCUT2D eigenvalue weighted by Gasteiger charge is 2.47. The minimum absolute atomic E-state index is 0.0205. The van der Waals surface area contributed by atoms with Gasteiger partial charge in [-0.15, -0.1) is 0 Å². The summed E-state index contributed by atoms with van der Waals surface area (Å²) in [7, 11) is 3.34. The maximum Gasteiger partial charge on any atom is 0.251 e. The number of nitrogens with zero attached hydrogens (tertiary/aromatic N) is 2. The maximum atomic E-state index is 14.9. The molecule has 6 aliphatic rings. The van der Waals surface area contributed by atoms with Crippen molar-refractivity contribution in [3.8, 4) is 0 Å². The molecule has 20 nitrogen and oxygen atoms in total. The minimum Gasteiger partial charge on any atom is -0.381 e. The standard InChI is InChI=1S/C60H80N10O10/c1-35(61-3)53(71)67-51(39-23-27-79-28-24-39)59(77)69-33-43(31-49(69)57(75)65-47-17-9-13-37-11-5-7-15-45(37)47)63-55(73)41-19-21-42(22-20-41)56(74)64-44-32-50(58(76)66-48-18-10-14-38-12-6-8-16-46(38)48)70(34-44)60(78)52(40-25-29-80-30-26-40)68-54(72)36(2)62-4/h5-8,11-12,15-16,19-22,35-36,39-40,43-44,47-52,61-62H,9-10,13-14,17-18,23-34H2,1-4H3,(H,63,73)(H,64,74)(H,65,75)(H,66,76)(H,67,71)(H,68,72)/t35-,36-,43-,44?,47+,48+,49-,50-,51-,52-/m0/s1. The molecule has 0 aromatic heterocycles. The third-order valence-electron chi connectivity index (χ3n) is 17.5. The van der Waals surface area contributed by atoms with Crippen molar-refractivity contribution in [1.82, 2.24) is 52.3 Å². The fraction of sp³-hybridized carbons (Fsp3) is 0.567. The van der Waals surface area contributed by atoms with E-state index in [-0.39, 0.29) is 84.6 Å². The fourth-order valence-corrected chi connectivity index (χ4v) is 12.6. The summed E-state index contributed by atoms with van der Waals surface area (Å²) in [5.41, 5.74) is 4.91. The molecule has 3 aromatic rings. The molecule has 0 saturated carbocycles. The normalized spacial score (nSPS) is 24.6. The lowest BCUT2D eigenvalue weighted by atomic mass is 9.87. The first-order valence-electron chi connectivity index (χ1n) is 28.9. The molecule has 4 aliphatic heterocycles. The number of carbonyl (C=O) groups is 8. The van der Waals surface area contributed by atoms with Gasteiger partial charge in [0.25, 0.3) is 11.8 Å². The van der Waals surface area contributed by atoms with Crippen LogP contribution in [0.2, 0.25) is 0 Å². The molecule has 8 N–H and O–H groups in total. The average molecular weight is 1100 g/mol. The monoisotopic (exact) mass is 1100 g/mol. The number of carbonyl (C=O) groups excluding carboxylic acids is 8. The number of hydrogen-bond acceptors (Lipinski definition) is 12. The van der Waals surface area contributed by atoms with Gasteiger partial charge in [-0.25, -0.2) is 0 Å². The highest BCUT2D eigenvalue weighted by atomic mass is 16.5. The highest BCUT2D eigenvalue weighted by molar-refractivity contribution is 5.99. The predicted molar refractivity (Wildman–Crippen MR) is 298 cm³/mol. The molecule has 4 saturated heterocycles. The first-order valence-corrected chi connectivity index (χ1v) is 28.9. The molecule has 20 heteroatoms. The summed E-state index contributed by atoms with van der Waals surface area (Å²) in [6.45, 7) is 5.19. The molecule has 0 radical (unpaired) electrons. The Morgan fingerprint density at radius 3 is 1.25 bits per heavy atom. The van der Waals surface area contributed by atoms with Gasteiger partial charge >= 0.3 is 0 Å². The quantitative estimate of drug-likeness (QED) is 0.0915. The van der Waals surface area contributed by atoms with Gasteiger partial charge in [0, 0.05) is 62.7 Å². The Balaban J connectivity index is 0.896. The van der Waals surface area contributed by atoms with Gasteiger partial charge in [0.2, 0.25) is 35.4 Å². The van der Waals surface area contributed by atoms with Crippen LogP contribution in [-0.2, 0) is 51.1 Å². The third kappa shape index (κ3) is 13.5. The molecule has 0 bridgehead atoms. The molecule has 9 rings (SSSR count). The second kappa shape index (κ2) is 26.7. The number of nitrogens with one attached hydrogen (secondary N) is 8. The number of likely N-dealkylation sites (N-methyl/N-ethyl adjacent to an activating group) is 2. The van der Waals surface area contributed by atoms with Crippen LogP contribution in [0.3, 0.4) is 0 Å². The van der Waals surface area contributed by atoms with Crippen LogP contribution in [0.4, 0.5) is 0 Å². The number of ether oxygens (including phenoxy) is 2. The summed E-state index contributed by atoms with van der Waals surface area (Å²) in [4.78, 5) is 117. The smallest absolute Gasteiger partial charge is 0.251 e. The second-order valence-corrected chi connectivity index (χ2v) is 22.6. The topological polar surface area (TPSA) is 258 Å². The van der Waals surface area contributed by atoms with Crippen molar-refractivity contribution in [3.05, 3.63) is 106 Å². The van der Waals surface area contributed by atoms with Gasteiger partial charge in [-0.2, -0.15) is 0 Å². The molecule has 0 spiro atoms. The SMILES string of the molecule is CN[C@@H](C)C(=O)N[C@H](C(=O)N1CC(NC(=O)c2ccc(C(=O)N[C@H]3C[C@@H](C(=O)N[C@@H]4CCCc5ccccc54)N(C(=O)[C@@H](NC(=O)[C@H](C)NC)C4CCOCC4)C3)cc2)C[C@H]1C(=O)N[C@@H]1CCCc2ccccc21)C1CCOCC1. The van der Waals surface area contributed by atoms with Gasteiger partial charge in [0.15, 0.2) is 0 Å². The van der Waals surface area contributed by atoms with E-state index in [4.69, 9.17) is 9.47 Å². The first-order chi connectivity index (χ1) is 38.7. The van der Waals surface area contributed by atoms with E-state index in [0.717, 1.165) is 49.7 Å². The van der Waals surface area contributed by atoms with Crippen molar-refractivity contribution >= 4 is 47.3 Å². The molecule has 430 valence electrons. The number of likely N-dealkylation sites (tertiary alicyclic amines) is 2. The molecular weight excluding hydrogens is 1020 g/mol. The van der Waals surface area contributed by atoms with Crippen LogP contribution in [0.5, 0.6) is 0 Å². The van der Waals surface area contributed by atoms with Gasteiger partial charge in [-0.05, 0) is 163 Å². The number of aryl methyl sites for hydroxylation is 2. The lowest BCUT2D eigenvalue weighted by Gasteiger charge is -2.35. The summed E-state index contributed by atoms with van der Waals surface area (Å²) in [6, 6.07) is 15.5. The summed E-state index contributed by atoms with van der Waals surface area (Å²) >= 11 is 0. The molecule has 1 unspecified atom stereocenters. The van der Waals surface area contributed by atoms with Crippen LogP contribution >= 0.6 is 0 Å². The highest BCUT2D eigenvalue weighted by Crippen LogP contribution is 2.34. The van der Waals surface area contributed by atoms with E-state index in [1.54, 1.807) is 27.9 Å². The Labute approximate surface area is 468 Å². The minimum atomic E-state index is -0.945. The van der Waals surface area contributed by atoms with Gasteiger partial charge in [0.1, 0.15) is 24.2 Å². The van der Waals surface area contributed by atoms with Crippen LogP contribution in [0.15, 0.2) is 72.8 Å². The lowest BCUT2D eigenvalue weighted by molar-refractivity contribution is -0.144. The van der Waals surface area contributed by atoms with Crippen molar-refractivity contribution in [2.24, 2.45) is 11.8 Å². The Hall–Kier alpha value is -6.74. The molecular formula is C60H80N10O10. The van der Waals surface area contributed by atoms with Crippen molar-refractivity contribution in [1.29, 1.82) is 0 Å². The van der Waals surface area contributed by atoms with E-state index in [1.165, 1.54) is 45.2 Å². The van der Waals surface area contributed by atoms with Gasteiger partial charge in [-0.1, -0.05) is 48.5 Å². The largest absolute Gasteiger partial charge is 0.381 e. The van der Waals surface area contributed by atoms with Crippen molar-refractivity contribution in [2.45, 2.75) is 151 Å². The zero-order valence-corrected chi connectivity index (χ0v) is 46.6. The Morgan fingerprint density at radius 2 is 0.875 bits per heavy atom. The second-order valence-electron chi connectivity index (χ2n) is 22.6. The van der Waals surface area contributed by atoms with E-state index in [9.17, 15) is 38.4 Å². The zero-order chi connectivity index (χ0) is 56.5. The molecule has 10 atom stereocenters. The van der Waals surface area contributed by atoms with E-state index in [2.05, 4.69) is 54.7 Å². The summed E-state index contributed by atoms with van der Waals surface area (Å²) in [6.07, 6.45) is 7.52. The van der Waals surface area contributed by atoms with Gasteiger partial charge in [0.05, 0.1) is 24.2 Å². The molecule has 4 fully saturated rings. The summed E-state index contributed by atoms with van der Waals surface area (Å²) in [5, 5.41) is 24.5. The van der Waals surface area contributed by atoms with Crippen molar-refractivity contribution in [2.75, 3.05) is 53.6 Å². The average Bonchev–Trinajstić information content (AvgIpc) is 4.12. The fourth-order valence-electron chi connectivity index (χ4n) is 12.6. The molecule has 80 heavy (non-hydrogen) atoms. The van der Waals surface area contributed by atoms with E-state index >= 15 is 0 Å². The van der Waals surface area contributed by atoms with E-state index < -0.39 is 72.0 Å². The van der Waals surface area contributed by atoms with Crippen LogP contribution in [0.25, 0.3) is 0 Å².